The Labute approximate surface area is 165 Å². The minimum atomic E-state index is -4.48. The molecule has 0 aromatic carbocycles. The maximum Gasteiger partial charge on any atom is 0.410 e. The Kier molecular flexibility index (Phi) is 4.70. The number of amides is 3. The summed E-state index contributed by atoms with van der Waals surface area (Å²) in [6.07, 6.45) is -1.79. The molecule has 0 bridgehead atoms. The molecule has 1 aromatic heterocycles. The summed E-state index contributed by atoms with van der Waals surface area (Å²) in [4.78, 5) is 41.0. The Morgan fingerprint density at radius 1 is 1.14 bits per heavy atom. The van der Waals surface area contributed by atoms with Crippen molar-refractivity contribution >= 4 is 23.5 Å². The minimum Gasteiger partial charge on any atom is -0.295 e. The zero-order valence-corrected chi connectivity index (χ0v) is 16.3. The number of nitrogens with zero attached hydrogens (tertiary/aromatic N) is 4. The third kappa shape index (κ3) is 3.12. The predicted octanol–water partition coefficient (Wildman–Crippen LogP) is 2.60. The number of hydrogen-bond donors (Lipinski definition) is 0. The largest absolute Gasteiger partial charge is 0.410 e. The molecule has 7 nitrogen and oxygen atoms in total. The lowest BCUT2D eigenvalue weighted by Crippen LogP contribution is -2.52. The van der Waals surface area contributed by atoms with E-state index >= 15 is 0 Å². The molecule has 4 atom stereocenters. The lowest BCUT2D eigenvalue weighted by atomic mass is 9.81. The highest BCUT2D eigenvalue weighted by atomic mass is 19.4. The maximum atomic E-state index is 13.4. The average molecular weight is 412 g/mol. The fraction of sp³-hybridized carbons (Fsp3) is 0.684. The van der Waals surface area contributed by atoms with E-state index in [1.54, 1.807) is 6.92 Å². The van der Waals surface area contributed by atoms with Gasteiger partial charge in [0.1, 0.15) is 11.9 Å². The quantitative estimate of drug-likeness (QED) is 0.700. The molecule has 4 unspecified atom stereocenters. The number of aromatic nitrogens is 2. The maximum absolute atomic E-state index is 13.4. The van der Waals surface area contributed by atoms with Crippen LogP contribution in [0.4, 0.5) is 19.0 Å². The van der Waals surface area contributed by atoms with Gasteiger partial charge in [-0.2, -0.15) is 18.3 Å². The fourth-order valence-corrected chi connectivity index (χ4v) is 4.85. The van der Waals surface area contributed by atoms with Crippen LogP contribution in [-0.2, 0) is 14.4 Å². The van der Waals surface area contributed by atoms with Crippen LogP contribution in [0.15, 0.2) is 6.07 Å². The van der Waals surface area contributed by atoms with Crippen LogP contribution in [0.5, 0.6) is 0 Å². The van der Waals surface area contributed by atoms with Crippen LogP contribution in [0.3, 0.4) is 0 Å². The monoisotopic (exact) mass is 412 g/mol. The summed E-state index contributed by atoms with van der Waals surface area (Å²) in [5.41, 5.74) is 0.362. The van der Waals surface area contributed by atoms with Gasteiger partial charge in [0, 0.05) is 12.6 Å². The predicted molar refractivity (Wildman–Crippen MR) is 95.8 cm³/mol. The number of imide groups is 1. The molecule has 2 aliphatic heterocycles. The standard InChI is InChI=1S/C19H23F3N4O3/c1-10-9-15-24(8-7-14(19(20,21)22)26(15)23-10)16(27)11(2)25-17(28)12-5-3-4-6-13(12)18(25)29/h9,11-14H,3-8H2,1-2H3. The normalized spacial score (nSPS) is 28.4. The fourth-order valence-electron chi connectivity index (χ4n) is 4.85. The van der Waals surface area contributed by atoms with Crippen LogP contribution in [0.25, 0.3) is 0 Å². The molecule has 4 rings (SSSR count). The number of carbonyl (C=O) groups is 3. The highest BCUT2D eigenvalue weighted by molar-refractivity contribution is 6.10. The summed E-state index contributed by atoms with van der Waals surface area (Å²) in [7, 11) is 0. The number of likely N-dealkylation sites (tertiary alicyclic amines) is 1. The van der Waals surface area contributed by atoms with Crippen LogP contribution in [-0.4, -0.2) is 51.2 Å². The summed E-state index contributed by atoms with van der Waals surface area (Å²) in [6, 6.07) is -1.44. The zero-order valence-electron chi connectivity index (χ0n) is 16.3. The van der Waals surface area contributed by atoms with E-state index in [4.69, 9.17) is 0 Å². The van der Waals surface area contributed by atoms with Gasteiger partial charge in [0.2, 0.25) is 11.8 Å². The van der Waals surface area contributed by atoms with E-state index in [0.29, 0.717) is 18.5 Å². The number of alkyl halides is 3. The molecule has 1 aromatic rings. The number of anilines is 1. The number of aryl methyl sites for hydroxylation is 1. The lowest BCUT2D eigenvalue weighted by Gasteiger charge is -2.36. The van der Waals surface area contributed by atoms with Crippen molar-refractivity contribution in [3.63, 3.8) is 0 Å². The SMILES string of the molecule is Cc1cc2n(n1)C(C(F)(F)F)CCN2C(=O)C(C)N1C(=O)C2CCCCC2C1=O. The zero-order chi connectivity index (χ0) is 21.1. The molecule has 3 heterocycles. The van der Waals surface area contributed by atoms with Crippen molar-refractivity contribution in [3.8, 4) is 0 Å². The third-order valence-corrected chi connectivity index (χ3v) is 6.30. The second-order valence-electron chi connectivity index (χ2n) is 8.14. The van der Waals surface area contributed by atoms with Gasteiger partial charge in [0.15, 0.2) is 6.04 Å². The number of hydrogen-bond acceptors (Lipinski definition) is 4. The molecular weight excluding hydrogens is 389 g/mol. The number of fused-ring (bicyclic) bond motifs is 2. The van der Waals surface area contributed by atoms with E-state index in [0.717, 1.165) is 22.4 Å². The van der Waals surface area contributed by atoms with Gasteiger partial charge in [-0.05, 0) is 33.1 Å². The average Bonchev–Trinajstić information content (AvgIpc) is 3.17. The van der Waals surface area contributed by atoms with E-state index < -0.39 is 24.2 Å². The van der Waals surface area contributed by atoms with Crippen LogP contribution in [0.2, 0.25) is 0 Å². The summed E-state index contributed by atoms with van der Waals surface area (Å²) < 4.78 is 40.9. The Balaban J connectivity index is 1.61. The summed E-state index contributed by atoms with van der Waals surface area (Å²) >= 11 is 0. The molecule has 1 saturated heterocycles. The summed E-state index contributed by atoms with van der Waals surface area (Å²) in [5.74, 6) is -1.95. The van der Waals surface area contributed by atoms with Crippen molar-refractivity contribution in [3.05, 3.63) is 11.8 Å². The first-order valence-electron chi connectivity index (χ1n) is 9.92. The first kappa shape index (κ1) is 19.9. The van der Waals surface area contributed by atoms with Crippen LogP contribution >= 0.6 is 0 Å². The molecule has 0 radical (unpaired) electrons. The second kappa shape index (κ2) is 6.84. The van der Waals surface area contributed by atoms with Gasteiger partial charge in [0.05, 0.1) is 17.5 Å². The molecule has 29 heavy (non-hydrogen) atoms. The Hall–Kier alpha value is -2.39. The van der Waals surface area contributed by atoms with Gasteiger partial charge in [-0.25, -0.2) is 4.68 Å². The third-order valence-electron chi connectivity index (χ3n) is 6.30. The lowest BCUT2D eigenvalue weighted by molar-refractivity contribution is -0.173. The first-order chi connectivity index (χ1) is 13.6. The van der Waals surface area contributed by atoms with E-state index in [2.05, 4.69) is 5.10 Å². The Morgan fingerprint density at radius 3 is 2.28 bits per heavy atom. The van der Waals surface area contributed by atoms with Crippen LogP contribution in [0.1, 0.15) is 50.8 Å². The molecule has 3 amide bonds. The van der Waals surface area contributed by atoms with Gasteiger partial charge in [-0.3, -0.25) is 24.2 Å². The van der Waals surface area contributed by atoms with Crippen molar-refractivity contribution in [2.24, 2.45) is 11.8 Å². The first-order valence-corrected chi connectivity index (χ1v) is 9.92. The van der Waals surface area contributed by atoms with Gasteiger partial charge in [-0.1, -0.05) is 12.8 Å². The van der Waals surface area contributed by atoms with Crippen molar-refractivity contribution in [2.45, 2.75) is 64.2 Å². The number of carbonyl (C=O) groups excluding carboxylic acids is 3. The van der Waals surface area contributed by atoms with E-state index in [1.807, 2.05) is 0 Å². The number of halogens is 3. The van der Waals surface area contributed by atoms with Crippen LogP contribution in [0, 0.1) is 18.8 Å². The molecule has 1 saturated carbocycles. The van der Waals surface area contributed by atoms with E-state index in [-0.39, 0.29) is 42.4 Å². The van der Waals surface area contributed by atoms with E-state index in [9.17, 15) is 27.6 Å². The Morgan fingerprint density at radius 2 is 1.72 bits per heavy atom. The molecule has 158 valence electrons. The summed E-state index contributed by atoms with van der Waals surface area (Å²) in [5, 5.41) is 3.93. The topological polar surface area (TPSA) is 75.5 Å². The van der Waals surface area contributed by atoms with Gasteiger partial charge in [-0.15, -0.1) is 0 Å². The van der Waals surface area contributed by atoms with Crippen molar-refractivity contribution < 1.29 is 27.6 Å². The van der Waals surface area contributed by atoms with Gasteiger partial charge < -0.3 is 0 Å². The smallest absolute Gasteiger partial charge is 0.295 e. The molecular formula is C19H23F3N4O3. The van der Waals surface area contributed by atoms with Crippen LogP contribution < -0.4 is 4.90 Å². The summed E-state index contributed by atoms with van der Waals surface area (Å²) in [6.45, 7) is 2.88. The highest BCUT2D eigenvalue weighted by Gasteiger charge is 2.52. The Bertz CT molecular complexity index is 841. The molecule has 10 heteroatoms. The molecule has 3 aliphatic rings. The number of rotatable bonds is 2. The minimum absolute atomic E-state index is 0.0458. The van der Waals surface area contributed by atoms with Gasteiger partial charge in [0.25, 0.3) is 5.91 Å². The van der Waals surface area contributed by atoms with Crippen molar-refractivity contribution in [1.29, 1.82) is 0 Å². The molecule has 2 fully saturated rings. The molecule has 1 aliphatic carbocycles. The van der Waals surface area contributed by atoms with Crippen molar-refractivity contribution in [2.75, 3.05) is 11.4 Å². The molecule has 0 spiro atoms. The molecule has 0 N–H and O–H groups in total. The second-order valence-corrected chi connectivity index (χ2v) is 8.14. The van der Waals surface area contributed by atoms with Crippen molar-refractivity contribution in [1.82, 2.24) is 14.7 Å². The van der Waals surface area contributed by atoms with Gasteiger partial charge >= 0.3 is 6.18 Å². The van der Waals surface area contributed by atoms with E-state index in [1.165, 1.54) is 17.9 Å². The highest BCUT2D eigenvalue weighted by Crippen LogP contribution is 2.41.